The Morgan fingerprint density at radius 1 is 1.00 bits per heavy atom. The normalized spacial score (nSPS) is 11.5. The Morgan fingerprint density at radius 2 is 1.56 bits per heavy atom. The summed E-state index contributed by atoms with van der Waals surface area (Å²) in [6.07, 6.45) is 6.41. The van der Waals surface area contributed by atoms with Gasteiger partial charge in [-0.15, -0.1) is 6.42 Å². The maximum Gasteiger partial charge on any atom is 0.0203 e. The minimum atomic E-state index is 0.193. The lowest BCUT2D eigenvalue weighted by Crippen LogP contribution is -2.04. The van der Waals surface area contributed by atoms with E-state index >= 15 is 0 Å². The average Bonchev–Trinajstić information content (AvgIpc) is 2.46. The minimum Gasteiger partial charge on any atom is -0.115 e. The Kier molecular flexibility index (Phi) is 3.99. The van der Waals surface area contributed by atoms with E-state index in [1.807, 2.05) is 24.3 Å². The van der Waals surface area contributed by atoms with Crippen LogP contribution in [0.2, 0.25) is 0 Å². The fourth-order valence-electron chi connectivity index (χ4n) is 2.08. The van der Waals surface area contributed by atoms with Crippen molar-refractivity contribution >= 4 is 0 Å². The third-order valence-corrected chi connectivity index (χ3v) is 3.09. The third-order valence-electron chi connectivity index (χ3n) is 3.09. The van der Waals surface area contributed by atoms with Gasteiger partial charge in [0.2, 0.25) is 0 Å². The fourth-order valence-corrected chi connectivity index (χ4v) is 2.08. The quantitative estimate of drug-likeness (QED) is 0.693. The van der Waals surface area contributed by atoms with Gasteiger partial charge in [-0.1, -0.05) is 73.2 Å². The molecule has 0 saturated carbocycles. The lowest BCUT2D eigenvalue weighted by molar-refractivity contribution is 0.813. The molecule has 2 aromatic carbocycles. The molecule has 18 heavy (non-hydrogen) atoms. The number of allylic oxidation sites excluding steroid dienone is 1. The van der Waals surface area contributed by atoms with Gasteiger partial charge in [0.1, 0.15) is 0 Å². The van der Waals surface area contributed by atoms with Crippen LogP contribution in [0.1, 0.15) is 17.0 Å². The van der Waals surface area contributed by atoms with Crippen LogP contribution in [-0.2, 0) is 6.42 Å². The van der Waals surface area contributed by atoms with Crippen molar-refractivity contribution in [3.05, 3.63) is 83.9 Å². The van der Waals surface area contributed by atoms with E-state index < -0.39 is 0 Å². The van der Waals surface area contributed by atoms with E-state index in [0.29, 0.717) is 0 Å². The highest BCUT2D eigenvalue weighted by molar-refractivity contribution is 5.38. The maximum atomic E-state index is 5.51. The second-order valence-electron chi connectivity index (χ2n) is 4.32. The Hall–Kier alpha value is -2.26. The van der Waals surface area contributed by atoms with E-state index in [0.717, 1.165) is 12.0 Å². The summed E-state index contributed by atoms with van der Waals surface area (Å²) in [5, 5.41) is 0. The van der Waals surface area contributed by atoms with E-state index in [4.69, 9.17) is 6.42 Å². The smallest absolute Gasteiger partial charge is 0.0203 e. The molecule has 1 atom stereocenters. The van der Waals surface area contributed by atoms with Gasteiger partial charge in [0.15, 0.2) is 0 Å². The Bertz CT molecular complexity index is 544. The van der Waals surface area contributed by atoms with Crippen LogP contribution in [0.4, 0.5) is 0 Å². The molecule has 0 radical (unpaired) electrons. The SMILES string of the molecule is C#CC(=C)C(Cc1ccccc1)c1ccccc1. The molecular formula is C18H16. The average molecular weight is 232 g/mol. The first-order valence-corrected chi connectivity index (χ1v) is 6.05. The summed E-state index contributed by atoms with van der Waals surface area (Å²) in [5.74, 6) is 2.88. The van der Waals surface area contributed by atoms with Crippen LogP contribution in [0.25, 0.3) is 0 Å². The summed E-state index contributed by atoms with van der Waals surface area (Å²) in [4.78, 5) is 0. The highest BCUT2D eigenvalue weighted by Crippen LogP contribution is 2.26. The topological polar surface area (TPSA) is 0 Å². The number of hydrogen-bond donors (Lipinski definition) is 0. The summed E-state index contributed by atoms with van der Waals surface area (Å²) in [5.41, 5.74) is 3.34. The molecule has 0 heteroatoms. The molecule has 0 nitrogen and oxygen atoms in total. The van der Waals surface area contributed by atoms with Crippen molar-refractivity contribution < 1.29 is 0 Å². The van der Waals surface area contributed by atoms with Crippen LogP contribution < -0.4 is 0 Å². The molecule has 2 rings (SSSR count). The van der Waals surface area contributed by atoms with Gasteiger partial charge >= 0.3 is 0 Å². The molecule has 0 aliphatic heterocycles. The van der Waals surface area contributed by atoms with Crippen LogP contribution in [0.5, 0.6) is 0 Å². The highest BCUT2D eigenvalue weighted by atomic mass is 14.2. The number of benzene rings is 2. The largest absolute Gasteiger partial charge is 0.115 e. The molecule has 0 bridgehead atoms. The summed E-state index contributed by atoms with van der Waals surface area (Å²) in [6.45, 7) is 4.01. The van der Waals surface area contributed by atoms with Crippen LogP contribution in [0, 0.1) is 12.3 Å². The third kappa shape index (κ3) is 2.90. The van der Waals surface area contributed by atoms with Crippen LogP contribution in [0.15, 0.2) is 72.8 Å². The summed E-state index contributed by atoms with van der Waals surface area (Å²) in [7, 11) is 0. The van der Waals surface area contributed by atoms with Gasteiger partial charge in [-0.2, -0.15) is 0 Å². The standard InChI is InChI=1S/C18H16/c1-3-15(2)18(17-12-8-5-9-13-17)14-16-10-6-4-7-11-16/h1,4-13,18H,2,14H2. The first kappa shape index (κ1) is 12.2. The molecule has 0 saturated heterocycles. The monoisotopic (exact) mass is 232 g/mol. The van der Waals surface area contributed by atoms with Crippen LogP contribution in [0.3, 0.4) is 0 Å². The first-order chi connectivity index (χ1) is 8.81. The molecule has 0 spiro atoms. The molecule has 0 aliphatic rings. The predicted octanol–water partition coefficient (Wildman–Crippen LogP) is 4.20. The highest BCUT2D eigenvalue weighted by Gasteiger charge is 2.14. The second kappa shape index (κ2) is 5.89. The van der Waals surface area contributed by atoms with Crippen molar-refractivity contribution in [1.29, 1.82) is 0 Å². The second-order valence-corrected chi connectivity index (χ2v) is 4.32. The molecule has 0 heterocycles. The summed E-state index contributed by atoms with van der Waals surface area (Å²) in [6, 6.07) is 20.7. The molecule has 2 aromatic rings. The van der Waals surface area contributed by atoms with E-state index in [1.165, 1.54) is 11.1 Å². The van der Waals surface area contributed by atoms with Crippen molar-refractivity contribution in [2.75, 3.05) is 0 Å². The van der Waals surface area contributed by atoms with E-state index in [9.17, 15) is 0 Å². The Morgan fingerprint density at radius 3 is 2.11 bits per heavy atom. The van der Waals surface area contributed by atoms with E-state index in [2.05, 4.69) is 48.9 Å². The van der Waals surface area contributed by atoms with Gasteiger partial charge < -0.3 is 0 Å². The Labute approximate surface area is 109 Å². The van der Waals surface area contributed by atoms with Crippen molar-refractivity contribution in [2.24, 2.45) is 0 Å². The summed E-state index contributed by atoms with van der Waals surface area (Å²) >= 11 is 0. The van der Waals surface area contributed by atoms with Crippen molar-refractivity contribution in [3.8, 4) is 12.3 Å². The van der Waals surface area contributed by atoms with Crippen LogP contribution >= 0.6 is 0 Å². The molecule has 1 unspecified atom stereocenters. The summed E-state index contributed by atoms with van der Waals surface area (Å²) < 4.78 is 0. The minimum absolute atomic E-state index is 0.193. The molecule has 88 valence electrons. The predicted molar refractivity (Wildman–Crippen MR) is 77.3 cm³/mol. The zero-order valence-corrected chi connectivity index (χ0v) is 10.3. The number of terminal acetylenes is 1. The van der Waals surface area contributed by atoms with E-state index in [-0.39, 0.29) is 5.92 Å². The van der Waals surface area contributed by atoms with Gasteiger partial charge in [0, 0.05) is 11.5 Å². The molecule has 0 aliphatic carbocycles. The fraction of sp³-hybridized carbons (Fsp3) is 0.111. The van der Waals surface area contributed by atoms with Gasteiger partial charge in [0.05, 0.1) is 0 Å². The maximum absolute atomic E-state index is 5.51. The Balaban J connectivity index is 2.28. The molecule has 0 amide bonds. The first-order valence-electron chi connectivity index (χ1n) is 6.05. The molecule has 0 fully saturated rings. The number of hydrogen-bond acceptors (Lipinski definition) is 0. The lowest BCUT2D eigenvalue weighted by atomic mass is 9.87. The lowest BCUT2D eigenvalue weighted by Gasteiger charge is -2.16. The van der Waals surface area contributed by atoms with Gasteiger partial charge in [-0.3, -0.25) is 0 Å². The van der Waals surface area contributed by atoms with Crippen molar-refractivity contribution in [2.45, 2.75) is 12.3 Å². The van der Waals surface area contributed by atoms with Crippen molar-refractivity contribution in [1.82, 2.24) is 0 Å². The van der Waals surface area contributed by atoms with Gasteiger partial charge in [-0.25, -0.2) is 0 Å². The van der Waals surface area contributed by atoms with Crippen LogP contribution in [-0.4, -0.2) is 0 Å². The number of rotatable bonds is 4. The zero-order chi connectivity index (χ0) is 12.8. The zero-order valence-electron chi connectivity index (χ0n) is 10.3. The van der Waals surface area contributed by atoms with E-state index in [1.54, 1.807) is 0 Å². The van der Waals surface area contributed by atoms with Gasteiger partial charge in [-0.05, 0) is 17.5 Å². The molecule has 0 N–H and O–H groups in total. The molecular weight excluding hydrogens is 216 g/mol. The molecule has 0 aromatic heterocycles. The van der Waals surface area contributed by atoms with Gasteiger partial charge in [0.25, 0.3) is 0 Å². The van der Waals surface area contributed by atoms with Crippen molar-refractivity contribution in [3.63, 3.8) is 0 Å².